The molecule has 7 heteroatoms. The first kappa shape index (κ1) is 22.5. The molecule has 1 aliphatic carbocycles. The molecule has 2 aliphatic rings. The molecule has 1 unspecified atom stereocenters. The lowest BCUT2D eigenvalue weighted by Gasteiger charge is -2.37. The minimum Gasteiger partial charge on any atom is -0.497 e. The Balaban J connectivity index is 1.33. The van der Waals surface area contributed by atoms with E-state index in [-0.39, 0.29) is 30.4 Å². The van der Waals surface area contributed by atoms with Crippen molar-refractivity contribution in [2.75, 3.05) is 26.8 Å². The van der Waals surface area contributed by atoms with E-state index in [1.54, 1.807) is 47.6 Å². The second-order valence-corrected chi connectivity index (χ2v) is 9.67. The van der Waals surface area contributed by atoms with Gasteiger partial charge in [-0.3, -0.25) is 9.59 Å². The van der Waals surface area contributed by atoms with Crippen molar-refractivity contribution in [2.24, 2.45) is 0 Å². The summed E-state index contributed by atoms with van der Waals surface area (Å²) in [4.78, 5) is 31.8. The van der Waals surface area contributed by atoms with Crippen molar-refractivity contribution in [2.45, 2.75) is 31.3 Å². The van der Waals surface area contributed by atoms with E-state index in [2.05, 4.69) is 11.4 Å². The van der Waals surface area contributed by atoms with Crippen LogP contribution < -0.4 is 9.47 Å². The summed E-state index contributed by atoms with van der Waals surface area (Å²) in [6.45, 7) is 1.09. The largest absolute Gasteiger partial charge is 0.497 e. The molecule has 0 spiro atoms. The van der Waals surface area contributed by atoms with Crippen LogP contribution in [0.3, 0.4) is 0 Å². The number of hydrogen-bond acceptors (Lipinski definition) is 5. The van der Waals surface area contributed by atoms with Gasteiger partial charge in [0.05, 0.1) is 13.2 Å². The first-order valence-electron chi connectivity index (χ1n) is 11.6. The molecular weight excluding hydrogens is 448 g/mol. The maximum atomic E-state index is 13.6. The zero-order valence-electron chi connectivity index (χ0n) is 19.2. The van der Waals surface area contributed by atoms with Gasteiger partial charge in [-0.25, -0.2) is 0 Å². The van der Waals surface area contributed by atoms with Crippen molar-refractivity contribution in [3.05, 3.63) is 82.0 Å². The van der Waals surface area contributed by atoms with Gasteiger partial charge >= 0.3 is 0 Å². The fourth-order valence-electron chi connectivity index (χ4n) is 4.46. The number of benzene rings is 2. The number of fused-ring (bicyclic) bond motifs is 1. The van der Waals surface area contributed by atoms with Gasteiger partial charge in [-0.05, 0) is 72.7 Å². The van der Waals surface area contributed by atoms with Gasteiger partial charge in [0.2, 0.25) is 5.91 Å². The molecule has 1 aliphatic heterocycles. The zero-order valence-corrected chi connectivity index (χ0v) is 20.0. The Morgan fingerprint density at radius 2 is 1.79 bits per heavy atom. The van der Waals surface area contributed by atoms with E-state index in [9.17, 15) is 9.59 Å². The van der Waals surface area contributed by atoms with E-state index >= 15 is 0 Å². The normalized spacial score (nSPS) is 17.1. The summed E-state index contributed by atoms with van der Waals surface area (Å²) >= 11 is 1.73. The molecular formula is C27H28N2O4S. The Kier molecular flexibility index (Phi) is 6.54. The maximum absolute atomic E-state index is 13.6. The Morgan fingerprint density at radius 1 is 1.03 bits per heavy atom. The van der Waals surface area contributed by atoms with Crippen LogP contribution in [0.5, 0.6) is 11.5 Å². The summed E-state index contributed by atoms with van der Waals surface area (Å²) in [6, 6.07) is 18.8. The highest BCUT2D eigenvalue weighted by Crippen LogP contribution is 2.35. The molecule has 0 saturated heterocycles. The van der Waals surface area contributed by atoms with Crippen LogP contribution in [-0.4, -0.2) is 54.5 Å². The fraction of sp³-hybridized carbons (Fsp3) is 0.333. The number of amides is 2. The van der Waals surface area contributed by atoms with Crippen molar-refractivity contribution in [1.29, 1.82) is 0 Å². The topological polar surface area (TPSA) is 59.1 Å². The summed E-state index contributed by atoms with van der Waals surface area (Å²) in [6.07, 6.45) is 2.70. The van der Waals surface area contributed by atoms with Crippen molar-refractivity contribution < 1.29 is 19.1 Å². The average Bonchev–Trinajstić information content (AvgIpc) is 3.61. The molecule has 0 bridgehead atoms. The summed E-state index contributed by atoms with van der Waals surface area (Å²) in [5, 5.41) is 2.08. The third kappa shape index (κ3) is 4.80. The smallest absolute Gasteiger partial charge is 0.254 e. The first-order valence-corrected chi connectivity index (χ1v) is 12.5. The highest BCUT2D eigenvalue weighted by molar-refractivity contribution is 7.10. The maximum Gasteiger partial charge on any atom is 0.254 e. The number of rotatable bonds is 8. The predicted octanol–water partition coefficient (Wildman–Crippen LogP) is 4.57. The van der Waals surface area contributed by atoms with Crippen LogP contribution in [0.1, 0.15) is 39.7 Å². The van der Waals surface area contributed by atoms with Crippen LogP contribution in [0.25, 0.3) is 0 Å². The van der Waals surface area contributed by atoms with Gasteiger partial charge in [0.15, 0.2) is 0 Å². The second-order valence-electron chi connectivity index (χ2n) is 8.67. The molecule has 1 saturated carbocycles. The quantitative estimate of drug-likeness (QED) is 0.478. The molecule has 1 atom stereocenters. The van der Waals surface area contributed by atoms with Crippen LogP contribution in [0.4, 0.5) is 0 Å². The molecule has 2 amide bonds. The van der Waals surface area contributed by atoms with Crippen LogP contribution in [0.2, 0.25) is 0 Å². The third-order valence-electron chi connectivity index (χ3n) is 6.46. The van der Waals surface area contributed by atoms with Gasteiger partial charge in [-0.1, -0.05) is 18.2 Å². The zero-order chi connectivity index (χ0) is 23.5. The lowest BCUT2D eigenvalue weighted by Crippen LogP contribution is -2.48. The standard InChI is InChI=1S/C27H28N2O4S/c1-32-21-11-7-19(8-12-21)27(31)29(20-9-10-20)17-26(30)28-15-13-25-23(14-16-34-25)24(28)18-33-22-5-3-2-4-6-22/h2-8,11-12,14,16,20,24H,9-10,13,15,17-18H2,1H3. The third-order valence-corrected chi connectivity index (χ3v) is 7.45. The number of thiophene rings is 1. The first-order chi connectivity index (χ1) is 16.6. The minimum atomic E-state index is -0.167. The lowest BCUT2D eigenvalue weighted by molar-refractivity contribution is -0.135. The highest BCUT2D eigenvalue weighted by atomic mass is 32.1. The van der Waals surface area contributed by atoms with Crippen LogP contribution in [0, 0.1) is 0 Å². The fourth-order valence-corrected chi connectivity index (χ4v) is 5.38. The van der Waals surface area contributed by atoms with Crippen LogP contribution >= 0.6 is 11.3 Å². The van der Waals surface area contributed by atoms with Crippen molar-refractivity contribution >= 4 is 23.2 Å². The molecule has 2 heterocycles. The molecule has 1 fully saturated rings. The SMILES string of the molecule is COc1ccc(C(=O)N(CC(=O)N2CCc3sccc3C2COc2ccccc2)C2CC2)cc1. The minimum absolute atomic E-state index is 0.0349. The molecule has 34 heavy (non-hydrogen) atoms. The van der Waals surface area contributed by atoms with Crippen molar-refractivity contribution in [3.8, 4) is 11.5 Å². The Labute approximate surface area is 203 Å². The summed E-state index contributed by atoms with van der Waals surface area (Å²) in [7, 11) is 1.60. The monoisotopic (exact) mass is 476 g/mol. The van der Waals surface area contributed by atoms with Crippen LogP contribution in [0.15, 0.2) is 66.0 Å². The number of hydrogen-bond donors (Lipinski definition) is 0. The number of carbonyl (C=O) groups excluding carboxylic acids is 2. The van der Waals surface area contributed by atoms with E-state index in [1.165, 1.54) is 4.88 Å². The number of para-hydroxylation sites is 1. The Morgan fingerprint density at radius 3 is 2.50 bits per heavy atom. The molecule has 0 radical (unpaired) electrons. The van der Waals surface area contributed by atoms with Gasteiger partial charge in [0.25, 0.3) is 5.91 Å². The van der Waals surface area contributed by atoms with E-state index in [0.717, 1.165) is 30.6 Å². The number of nitrogens with zero attached hydrogens (tertiary/aromatic N) is 2. The molecule has 1 aromatic heterocycles. The van der Waals surface area contributed by atoms with Gasteiger partial charge in [-0.15, -0.1) is 11.3 Å². The molecule has 2 aromatic carbocycles. The number of methoxy groups -OCH3 is 1. The van der Waals surface area contributed by atoms with E-state index in [4.69, 9.17) is 9.47 Å². The van der Waals surface area contributed by atoms with Crippen LogP contribution in [-0.2, 0) is 11.2 Å². The highest BCUT2D eigenvalue weighted by Gasteiger charge is 2.38. The Bertz CT molecular complexity index is 1140. The molecule has 6 nitrogen and oxygen atoms in total. The molecule has 176 valence electrons. The predicted molar refractivity (Wildman–Crippen MR) is 131 cm³/mol. The van der Waals surface area contributed by atoms with Gasteiger partial charge in [0.1, 0.15) is 24.7 Å². The number of ether oxygens (including phenoxy) is 2. The van der Waals surface area contributed by atoms with E-state index < -0.39 is 0 Å². The van der Waals surface area contributed by atoms with Crippen molar-refractivity contribution in [3.63, 3.8) is 0 Å². The van der Waals surface area contributed by atoms with E-state index in [1.807, 2.05) is 35.2 Å². The summed E-state index contributed by atoms with van der Waals surface area (Å²) < 4.78 is 11.3. The van der Waals surface area contributed by atoms with Crippen molar-refractivity contribution in [1.82, 2.24) is 9.80 Å². The Hall–Kier alpha value is -3.32. The molecule has 0 N–H and O–H groups in total. The molecule has 5 rings (SSSR count). The molecule has 3 aromatic rings. The lowest BCUT2D eigenvalue weighted by atomic mass is 10.0. The average molecular weight is 477 g/mol. The summed E-state index contributed by atoms with van der Waals surface area (Å²) in [5.74, 6) is 1.34. The summed E-state index contributed by atoms with van der Waals surface area (Å²) in [5.41, 5.74) is 1.73. The van der Waals surface area contributed by atoms with Gasteiger partial charge in [0, 0.05) is 23.0 Å². The van der Waals surface area contributed by atoms with Gasteiger partial charge < -0.3 is 19.3 Å². The van der Waals surface area contributed by atoms with E-state index in [0.29, 0.717) is 24.5 Å². The van der Waals surface area contributed by atoms with Gasteiger partial charge in [-0.2, -0.15) is 0 Å². The second kappa shape index (κ2) is 9.89. The number of carbonyl (C=O) groups is 2.